The fourth-order valence-corrected chi connectivity index (χ4v) is 1.59. The molecule has 0 spiro atoms. The molecule has 18 heavy (non-hydrogen) atoms. The fourth-order valence-electron chi connectivity index (χ4n) is 1.47. The first-order valence-corrected chi connectivity index (χ1v) is 5.50. The van der Waals surface area contributed by atoms with Gasteiger partial charge in [-0.15, -0.1) is 0 Å². The zero-order valence-electron chi connectivity index (χ0n) is 9.15. The number of hydrogen-bond acceptors (Lipinski definition) is 3. The van der Waals surface area contributed by atoms with Gasteiger partial charge in [-0.25, -0.2) is 18.7 Å². The lowest BCUT2D eigenvalue weighted by Gasteiger charge is -2.07. The molecule has 0 radical (unpaired) electrons. The molecule has 0 saturated heterocycles. The molecule has 0 amide bonds. The van der Waals surface area contributed by atoms with E-state index in [1.807, 2.05) is 0 Å². The van der Waals surface area contributed by atoms with E-state index in [9.17, 15) is 8.78 Å². The van der Waals surface area contributed by atoms with Crippen molar-refractivity contribution in [1.82, 2.24) is 9.97 Å². The van der Waals surface area contributed by atoms with Crippen LogP contribution < -0.4 is 0 Å². The van der Waals surface area contributed by atoms with Gasteiger partial charge in [0.1, 0.15) is 5.69 Å². The highest BCUT2D eigenvalue weighted by Crippen LogP contribution is 2.24. The second-order valence-corrected chi connectivity index (χ2v) is 4.01. The van der Waals surface area contributed by atoms with Crippen LogP contribution in [0.15, 0.2) is 30.5 Å². The summed E-state index contributed by atoms with van der Waals surface area (Å²) in [6, 6.07) is 6.54. The van der Waals surface area contributed by atoms with Gasteiger partial charge in [0.2, 0.25) is 0 Å². The highest BCUT2D eigenvalue weighted by Gasteiger charge is 2.16. The number of halogens is 3. The van der Waals surface area contributed by atoms with E-state index in [0.29, 0.717) is 10.6 Å². The van der Waals surface area contributed by atoms with E-state index in [-0.39, 0.29) is 11.4 Å². The Bertz CT molecular complexity index is 546. The highest BCUT2D eigenvalue weighted by molar-refractivity contribution is 6.30. The summed E-state index contributed by atoms with van der Waals surface area (Å²) in [4.78, 5) is 7.72. The summed E-state index contributed by atoms with van der Waals surface area (Å²) in [6.07, 6.45) is -1.54. The van der Waals surface area contributed by atoms with Crippen molar-refractivity contribution in [2.45, 2.75) is 13.0 Å². The van der Waals surface area contributed by atoms with Crippen molar-refractivity contribution in [3.63, 3.8) is 0 Å². The highest BCUT2D eigenvalue weighted by atomic mass is 35.5. The number of aromatic nitrogens is 2. The molecule has 6 heteroatoms. The molecule has 0 saturated carbocycles. The summed E-state index contributed by atoms with van der Waals surface area (Å²) in [5, 5.41) is 9.48. The number of aliphatic hydroxyl groups excluding tert-OH is 1. The molecule has 0 bridgehead atoms. The van der Waals surface area contributed by atoms with Crippen LogP contribution in [0.4, 0.5) is 8.78 Å². The predicted molar refractivity (Wildman–Crippen MR) is 63.4 cm³/mol. The second-order valence-electron chi connectivity index (χ2n) is 3.57. The minimum absolute atomic E-state index is 0.0303. The minimum atomic E-state index is -2.75. The first-order valence-electron chi connectivity index (χ1n) is 5.12. The average Bonchev–Trinajstić information content (AvgIpc) is 2.39. The van der Waals surface area contributed by atoms with Crippen LogP contribution in [0.25, 0.3) is 11.4 Å². The number of aliphatic hydroxyl groups is 1. The van der Waals surface area contributed by atoms with Crippen LogP contribution in [-0.4, -0.2) is 15.1 Å². The van der Waals surface area contributed by atoms with E-state index < -0.39 is 18.7 Å². The van der Waals surface area contributed by atoms with E-state index in [2.05, 4.69) is 9.97 Å². The smallest absolute Gasteiger partial charge is 0.280 e. The van der Waals surface area contributed by atoms with Gasteiger partial charge in [-0.1, -0.05) is 11.6 Å². The van der Waals surface area contributed by atoms with Crippen LogP contribution in [-0.2, 0) is 6.61 Å². The van der Waals surface area contributed by atoms with Gasteiger partial charge in [-0.05, 0) is 24.3 Å². The predicted octanol–water partition coefficient (Wildman–Crippen LogP) is 3.23. The third-order valence-electron chi connectivity index (χ3n) is 2.38. The number of hydrogen-bond donors (Lipinski definition) is 1. The van der Waals surface area contributed by atoms with Crippen molar-refractivity contribution in [2.75, 3.05) is 0 Å². The molecule has 0 fully saturated rings. The van der Waals surface area contributed by atoms with Crippen molar-refractivity contribution in [1.29, 1.82) is 0 Å². The first-order chi connectivity index (χ1) is 8.61. The van der Waals surface area contributed by atoms with Crippen LogP contribution in [0.5, 0.6) is 0 Å². The molecular formula is C12H9ClF2N2O. The normalized spacial score (nSPS) is 10.9. The number of alkyl halides is 2. The summed E-state index contributed by atoms with van der Waals surface area (Å²) < 4.78 is 25.5. The molecule has 1 heterocycles. The van der Waals surface area contributed by atoms with Gasteiger partial charge in [0, 0.05) is 22.3 Å². The minimum Gasteiger partial charge on any atom is -0.392 e. The van der Waals surface area contributed by atoms with Gasteiger partial charge >= 0.3 is 0 Å². The van der Waals surface area contributed by atoms with Gasteiger partial charge in [0.25, 0.3) is 6.43 Å². The maximum absolute atomic E-state index is 12.8. The Morgan fingerprint density at radius 3 is 2.44 bits per heavy atom. The van der Waals surface area contributed by atoms with E-state index >= 15 is 0 Å². The first kappa shape index (κ1) is 12.9. The molecule has 2 rings (SSSR count). The molecule has 0 unspecified atom stereocenters. The molecule has 1 aromatic heterocycles. The van der Waals surface area contributed by atoms with Gasteiger partial charge < -0.3 is 5.11 Å². The monoisotopic (exact) mass is 270 g/mol. The molecule has 0 aliphatic rings. The average molecular weight is 271 g/mol. The Balaban J connectivity index is 2.46. The molecule has 0 atom stereocenters. The van der Waals surface area contributed by atoms with Crippen LogP contribution in [0.3, 0.4) is 0 Å². The summed E-state index contributed by atoms with van der Waals surface area (Å²) in [7, 11) is 0. The van der Waals surface area contributed by atoms with Gasteiger partial charge in [0.05, 0.1) is 6.61 Å². The lowest BCUT2D eigenvalue weighted by atomic mass is 10.2. The lowest BCUT2D eigenvalue weighted by Crippen LogP contribution is -2.02. The third-order valence-corrected chi connectivity index (χ3v) is 2.63. The largest absolute Gasteiger partial charge is 0.392 e. The molecule has 2 aromatic rings. The Morgan fingerprint density at radius 1 is 1.22 bits per heavy atom. The van der Waals surface area contributed by atoms with E-state index in [0.717, 1.165) is 0 Å². The van der Waals surface area contributed by atoms with Crippen molar-refractivity contribution in [2.24, 2.45) is 0 Å². The summed E-state index contributed by atoms with van der Waals surface area (Å²) in [5.74, 6) is 0.180. The zero-order chi connectivity index (χ0) is 13.1. The molecular weight excluding hydrogens is 262 g/mol. The summed E-state index contributed by atoms with van der Waals surface area (Å²) in [5.41, 5.74) is 0.172. The maximum atomic E-state index is 12.8. The van der Waals surface area contributed by atoms with Crippen LogP contribution in [0.2, 0.25) is 5.02 Å². The molecule has 3 nitrogen and oxygen atoms in total. The SMILES string of the molecule is OCc1cnc(-c2ccc(Cl)cc2)nc1C(F)F. The van der Waals surface area contributed by atoms with Gasteiger partial charge in [-0.3, -0.25) is 0 Å². The Morgan fingerprint density at radius 2 is 1.89 bits per heavy atom. The van der Waals surface area contributed by atoms with Crippen LogP contribution in [0.1, 0.15) is 17.7 Å². The van der Waals surface area contributed by atoms with Crippen molar-refractivity contribution in [3.05, 3.63) is 46.7 Å². The molecule has 0 aliphatic heterocycles. The van der Waals surface area contributed by atoms with Crippen molar-refractivity contribution in [3.8, 4) is 11.4 Å². The van der Waals surface area contributed by atoms with Crippen LogP contribution >= 0.6 is 11.6 Å². The molecule has 94 valence electrons. The van der Waals surface area contributed by atoms with Crippen molar-refractivity contribution >= 4 is 11.6 Å². The quantitative estimate of drug-likeness (QED) is 0.931. The molecule has 1 aromatic carbocycles. The van der Waals surface area contributed by atoms with Crippen LogP contribution in [0, 0.1) is 0 Å². The maximum Gasteiger partial charge on any atom is 0.280 e. The summed E-state index contributed by atoms with van der Waals surface area (Å²) in [6.45, 7) is -0.513. The Hall–Kier alpha value is -1.59. The standard InChI is InChI=1S/C12H9ClF2N2O/c13-9-3-1-7(2-4-9)12-16-5-8(6-18)10(17-12)11(14)15/h1-5,11,18H,6H2. The Kier molecular flexibility index (Phi) is 3.84. The molecule has 0 aliphatic carbocycles. The number of benzene rings is 1. The topological polar surface area (TPSA) is 46.0 Å². The van der Waals surface area contributed by atoms with Gasteiger partial charge in [0.15, 0.2) is 5.82 Å². The second kappa shape index (κ2) is 5.37. The van der Waals surface area contributed by atoms with E-state index in [4.69, 9.17) is 16.7 Å². The summed E-state index contributed by atoms with van der Waals surface area (Å²) >= 11 is 5.73. The van der Waals surface area contributed by atoms with Gasteiger partial charge in [-0.2, -0.15) is 0 Å². The molecule has 1 N–H and O–H groups in total. The Labute approximate surface area is 107 Å². The van der Waals surface area contributed by atoms with E-state index in [1.165, 1.54) is 6.20 Å². The number of nitrogens with zero attached hydrogens (tertiary/aromatic N) is 2. The van der Waals surface area contributed by atoms with E-state index in [1.54, 1.807) is 24.3 Å². The lowest BCUT2D eigenvalue weighted by molar-refractivity contribution is 0.141. The fraction of sp³-hybridized carbons (Fsp3) is 0.167. The number of rotatable bonds is 3. The third kappa shape index (κ3) is 2.63. The zero-order valence-corrected chi connectivity index (χ0v) is 9.90. The van der Waals surface area contributed by atoms with Crippen molar-refractivity contribution < 1.29 is 13.9 Å².